The van der Waals surface area contributed by atoms with E-state index in [0.717, 1.165) is 30.0 Å². The molecule has 2 aliphatic heterocycles. The highest BCUT2D eigenvalue weighted by molar-refractivity contribution is 5.98. The molecule has 36 heavy (non-hydrogen) atoms. The van der Waals surface area contributed by atoms with Crippen molar-refractivity contribution in [1.29, 1.82) is 0 Å². The van der Waals surface area contributed by atoms with Crippen LogP contribution in [0.25, 0.3) is 0 Å². The fraction of sp³-hybridized carbons (Fsp3) is 0.321. The van der Waals surface area contributed by atoms with Crippen LogP contribution >= 0.6 is 0 Å². The van der Waals surface area contributed by atoms with Gasteiger partial charge in [0.05, 0.1) is 26.7 Å². The van der Waals surface area contributed by atoms with Gasteiger partial charge < -0.3 is 24.2 Å². The summed E-state index contributed by atoms with van der Waals surface area (Å²) in [6, 6.07) is 18.7. The van der Waals surface area contributed by atoms with Crippen molar-refractivity contribution in [2.24, 2.45) is 0 Å². The van der Waals surface area contributed by atoms with Gasteiger partial charge in [-0.3, -0.25) is 9.59 Å². The molecule has 8 nitrogen and oxygen atoms in total. The predicted octanol–water partition coefficient (Wildman–Crippen LogP) is 3.53. The molecular formula is C28H30N4O4. The molecule has 2 aromatic carbocycles. The number of fused-ring (bicyclic) bond motifs is 1. The first-order valence-corrected chi connectivity index (χ1v) is 12.1. The molecule has 1 saturated heterocycles. The number of methoxy groups -OCH3 is 2. The zero-order valence-electron chi connectivity index (χ0n) is 20.6. The van der Waals surface area contributed by atoms with Crippen LogP contribution in [0.1, 0.15) is 33.9 Å². The van der Waals surface area contributed by atoms with Crippen LogP contribution in [0.3, 0.4) is 0 Å². The summed E-state index contributed by atoms with van der Waals surface area (Å²) in [5, 5.41) is 0. The smallest absolute Gasteiger partial charge is 0.255 e. The topological polar surface area (TPSA) is 75.2 Å². The zero-order chi connectivity index (χ0) is 25.1. The lowest BCUT2D eigenvalue weighted by Gasteiger charge is -2.37. The second-order valence-corrected chi connectivity index (χ2v) is 8.98. The van der Waals surface area contributed by atoms with E-state index in [9.17, 15) is 9.59 Å². The Balaban J connectivity index is 1.37. The maximum Gasteiger partial charge on any atom is 0.255 e. The molecule has 1 atom stereocenters. The Morgan fingerprint density at radius 1 is 0.944 bits per heavy atom. The van der Waals surface area contributed by atoms with Crippen molar-refractivity contribution in [1.82, 2.24) is 14.8 Å². The number of aromatic nitrogens is 1. The molecule has 0 radical (unpaired) electrons. The number of carbonyl (C=O) groups excluding carboxylic acids is 2. The number of nitrogens with zero attached hydrogens (tertiary/aromatic N) is 4. The summed E-state index contributed by atoms with van der Waals surface area (Å²) in [4.78, 5) is 37.2. The van der Waals surface area contributed by atoms with Crippen LogP contribution in [0, 0.1) is 0 Å². The normalized spacial score (nSPS) is 16.1. The number of carbonyl (C=O) groups is 2. The van der Waals surface area contributed by atoms with Gasteiger partial charge in [0.25, 0.3) is 5.91 Å². The summed E-state index contributed by atoms with van der Waals surface area (Å²) >= 11 is 0. The SMILES string of the molecule is COc1ccc([C@@H](CC(=O)N2CCN(c3ccccn3)CC2)N2Cc3ccccc3C2=O)cc1OC. The Hall–Kier alpha value is -4.07. The summed E-state index contributed by atoms with van der Waals surface area (Å²) in [6.45, 7) is 3.13. The highest BCUT2D eigenvalue weighted by Crippen LogP contribution is 2.37. The average Bonchev–Trinajstić information content (AvgIpc) is 3.27. The van der Waals surface area contributed by atoms with Gasteiger partial charge in [0, 0.05) is 44.5 Å². The van der Waals surface area contributed by atoms with Crippen LogP contribution in [-0.2, 0) is 11.3 Å². The lowest BCUT2D eigenvalue weighted by Crippen LogP contribution is -2.49. The van der Waals surface area contributed by atoms with Crippen molar-refractivity contribution in [3.05, 3.63) is 83.6 Å². The second-order valence-electron chi connectivity index (χ2n) is 8.98. The van der Waals surface area contributed by atoms with E-state index in [0.29, 0.717) is 36.7 Å². The summed E-state index contributed by atoms with van der Waals surface area (Å²) in [6.07, 6.45) is 1.98. The van der Waals surface area contributed by atoms with E-state index in [1.807, 2.05) is 65.6 Å². The maximum atomic E-state index is 13.5. The van der Waals surface area contributed by atoms with E-state index in [-0.39, 0.29) is 18.2 Å². The lowest BCUT2D eigenvalue weighted by atomic mass is 10.00. The van der Waals surface area contributed by atoms with Crippen LogP contribution in [0.15, 0.2) is 66.9 Å². The van der Waals surface area contributed by atoms with E-state index in [1.165, 1.54) is 0 Å². The molecule has 0 saturated carbocycles. The van der Waals surface area contributed by atoms with E-state index >= 15 is 0 Å². The standard InChI is InChI=1S/C28H30N4O4/c1-35-24-11-10-20(17-25(24)36-2)23(32-19-21-7-3-4-8-22(21)28(32)34)18-27(33)31-15-13-30(14-16-31)26-9-5-6-12-29-26/h3-12,17,23H,13-16,18-19H2,1-2H3/t23-/m1/s1. The summed E-state index contributed by atoms with van der Waals surface area (Å²) in [5.74, 6) is 2.07. The third-order valence-corrected chi connectivity index (χ3v) is 6.99. The third-order valence-electron chi connectivity index (χ3n) is 6.99. The highest BCUT2D eigenvalue weighted by atomic mass is 16.5. The van der Waals surface area contributed by atoms with Crippen molar-refractivity contribution in [3.8, 4) is 11.5 Å². The van der Waals surface area contributed by atoms with Crippen molar-refractivity contribution in [2.45, 2.75) is 19.0 Å². The largest absolute Gasteiger partial charge is 0.493 e. The first-order chi connectivity index (χ1) is 17.6. The monoisotopic (exact) mass is 486 g/mol. The Kier molecular flexibility index (Phi) is 6.75. The Morgan fingerprint density at radius 3 is 2.39 bits per heavy atom. The Morgan fingerprint density at radius 2 is 1.69 bits per heavy atom. The minimum absolute atomic E-state index is 0.0270. The molecule has 1 fully saturated rings. The van der Waals surface area contributed by atoms with Gasteiger partial charge in [0.15, 0.2) is 11.5 Å². The van der Waals surface area contributed by atoms with Gasteiger partial charge in [-0.25, -0.2) is 4.98 Å². The van der Waals surface area contributed by atoms with Crippen LogP contribution in [0.2, 0.25) is 0 Å². The molecule has 3 heterocycles. The Labute approximate surface area is 211 Å². The van der Waals surface area contributed by atoms with Crippen LogP contribution in [-0.4, -0.2) is 67.0 Å². The molecule has 5 rings (SSSR count). The third kappa shape index (κ3) is 4.58. The molecular weight excluding hydrogens is 456 g/mol. The first-order valence-electron chi connectivity index (χ1n) is 12.1. The summed E-state index contributed by atoms with van der Waals surface area (Å²) in [5.41, 5.74) is 2.51. The molecule has 0 N–H and O–H groups in total. The van der Waals surface area contributed by atoms with Gasteiger partial charge in [-0.05, 0) is 41.5 Å². The molecule has 2 aliphatic rings. The lowest BCUT2D eigenvalue weighted by molar-refractivity contribution is -0.132. The number of ether oxygens (including phenoxy) is 2. The van der Waals surface area contributed by atoms with Gasteiger partial charge in [-0.1, -0.05) is 30.3 Å². The number of hydrogen-bond donors (Lipinski definition) is 0. The van der Waals surface area contributed by atoms with Crippen LogP contribution in [0.4, 0.5) is 5.82 Å². The molecule has 0 bridgehead atoms. The molecule has 2 amide bonds. The highest BCUT2D eigenvalue weighted by Gasteiger charge is 2.36. The minimum Gasteiger partial charge on any atom is -0.493 e. The van der Waals surface area contributed by atoms with Gasteiger partial charge in [-0.2, -0.15) is 0 Å². The summed E-state index contributed by atoms with van der Waals surface area (Å²) in [7, 11) is 3.17. The quantitative estimate of drug-likeness (QED) is 0.509. The fourth-order valence-electron chi connectivity index (χ4n) is 5.02. The van der Waals surface area contributed by atoms with Crippen LogP contribution in [0.5, 0.6) is 11.5 Å². The fourth-order valence-corrected chi connectivity index (χ4v) is 5.02. The number of benzene rings is 2. The second kappa shape index (κ2) is 10.3. The number of anilines is 1. The van der Waals surface area contributed by atoms with Crippen LogP contribution < -0.4 is 14.4 Å². The molecule has 0 unspecified atom stereocenters. The number of hydrogen-bond acceptors (Lipinski definition) is 6. The van der Waals surface area contributed by atoms with E-state index in [2.05, 4.69) is 9.88 Å². The van der Waals surface area contributed by atoms with Crippen molar-refractivity contribution in [2.75, 3.05) is 45.3 Å². The molecule has 0 aliphatic carbocycles. The van der Waals surface area contributed by atoms with Gasteiger partial charge >= 0.3 is 0 Å². The van der Waals surface area contributed by atoms with Crippen molar-refractivity contribution in [3.63, 3.8) is 0 Å². The molecule has 186 valence electrons. The number of amides is 2. The van der Waals surface area contributed by atoms with Gasteiger partial charge in [0.2, 0.25) is 5.91 Å². The molecule has 0 spiro atoms. The molecule has 8 heteroatoms. The van der Waals surface area contributed by atoms with Gasteiger partial charge in [-0.15, -0.1) is 0 Å². The predicted molar refractivity (Wildman–Crippen MR) is 136 cm³/mol. The van der Waals surface area contributed by atoms with Crippen molar-refractivity contribution >= 4 is 17.6 Å². The van der Waals surface area contributed by atoms with Crippen molar-refractivity contribution < 1.29 is 19.1 Å². The zero-order valence-corrected chi connectivity index (χ0v) is 20.6. The minimum atomic E-state index is -0.425. The maximum absolute atomic E-state index is 13.5. The number of rotatable bonds is 7. The van der Waals surface area contributed by atoms with E-state index < -0.39 is 6.04 Å². The average molecular weight is 487 g/mol. The first kappa shape index (κ1) is 23.7. The molecule has 1 aromatic heterocycles. The summed E-state index contributed by atoms with van der Waals surface area (Å²) < 4.78 is 10.9. The van der Waals surface area contributed by atoms with Gasteiger partial charge in [0.1, 0.15) is 5.82 Å². The molecule has 3 aromatic rings. The number of piperazine rings is 1. The van der Waals surface area contributed by atoms with E-state index in [4.69, 9.17) is 9.47 Å². The Bertz CT molecular complexity index is 1240. The number of pyridine rings is 1. The van der Waals surface area contributed by atoms with E-state index in [1.54, 1.807) is 25.3 Å².